The summed E-state index contributed by atoms with van der Waals surface area (Å²) in [5.74, 6) is 0.834. The highest BCUT2D eigenvalue weighted by Gasteiger charge is 2.31. The van der Waals surface area contributed by atoms with Crippen LogP contribution in [-0.2, 0) is 4.79 Å². The van der Waals surface area contributed by atoms with Crippen molar-refractivity contribution >= 4 is 21.8 Å². The molecule has 1 aliphatic heterocycles. The van der Waals surface area contributed by atoms with Crippen LogP contribution in [0.5, 0.6) is 5.75 Å². The Morgan fingerprint density at radius 2 is 2.26 bits per heavy atom. The first kappa shape index (κ1) is 14.4. The number of ether oxygens (including phenoxy) is 1. The number of carbonyl (C=O) groups is 1. The van der Waals surface area contributed by atoms with Gasteiger partial charge < -0.3 is 10.1 Å². The summed E-state index contributed by atoms with van der Waals surface area (Å²) in [5, 5.41) is 3.92. The van der Waals surface area contributed by atoms with Crippen LogP contribution in [0.15, 0.2) is 24.3 Å². The summed E-state index contributed by atoms with van der Waals surface area (Å²) in [6, 6.07) is 7.81. The zero-order valence-corrected chi connectivity index (χ0v) is 13.0. The second-order valence-electron chi connectivity index (χ2n) is 5.26. The summed E-state index contributed by atoms with van der Waals surface area (Å²) in [5.41, 5.74) is 0.809. The zero-order chi connectivity index (χ0) is 13.9. The summed E-state index contributed by atoms with van der Waals surface area (Å²) in [7, 11) is 0. The molecule has 19 heavy (non-hydrogen) atoms. The maximum absolute atomic E-state index is 12.5. The molecule has 0 fully saturated rings. The number of hydrogen-bond acceptors (Lipinski definition) is 2. The second-order valence-corrected chi connectivity index (χ2v) is 5.83. The van der Waals surface area contributed by atoms with Crippen LogP contribution in [0.4, 0.5) is 0 Å². The van der Waals surface area contributed by atoms with Crippen LogP contribution in [0.1, 0.15) is 38.2 Å². The molecular weight excluding hydrogens is 306 g/mol. The van der Waals surface area contributed by atoms with Crippen molar-refractivity contribution in [1.82, 2.24) is 5.32 Å². The van der Waals surface area contributed by atoms with Gasteiger partial charge >= 0.3 is 0 Å². The van der Waals surface area contributed by atoms with Crippen molar-refractivity contribution in [3.63, 3.8) is 0 Å². The molecule has 1 amide bonds. The molecule has 1 heterocycles. The van der Waals surface area contributed by atoms with Crippen molar-refractivity contribution in [2.45, 2.75) is 38.1 Å². The number of hydrogen-bond donors (Lipinski definition) is 1. The molecule has 1 aromatic rings. The minimum Gasteiger partial charge on any atom is -0.493 e. The van der Waals surface area contributed by atoms with Crippen LogP contribution in [0, 0.1) is 0 Å². The number of nitrogens with one attached hydrogen (secondary N) is 1. The topological polar surface area (TPSA) is 38.3 Å². The quantitative estimate of drug-likeness (QED) is 0.863. The van der Waals surface area contributed by atoms with Gasteiger partial charge in [0.25, 0.3) is 0 Å². The van der Waals surface area contributed by atoms with Gasteiger partial charge in [-0.15, -0.1) is 0 Å². The predicted molar refractivity (Wildman–Crippen MR) is 79.9 cm³/mol. The molecule has 0 spiro atoms. The predicted octanol–water partition coefficient (Wildman–Crippen LogP) is 3.23. The fourth-order valence-electron chi connectivity index (χ4n) is 2.22. The van der Waals surface area contributed by atoms with E-state index in [0.29, 0.717) is 6.61 Å². The third-order valence-corrected chi connectivity index (χ3v) is 5.01. The summed E-state index contributed by atoms with van der Waals surface area (Å²) in [4.78, 5) is 12.5. The maximum Gasteiger partial charge on any atom is 0.228 e. The van der Waals surface area contributed by atoms with Gasteiger partial charge in [0.1, 0.15) is 5.75 Å². The van der Waals surface area contributed by atoms with E-state index in [9.17, 15) is 4.79 Å². The first-order valence-corrected chi connectivity index (χ1v) is 7.81. The molecule has 1 N–H and O–H groups in total. The van der Waals surface area contributed by atoms with Gasteiger partial charge in [-0.3, -0.25) is 4.79 Å². The molecule has 3 nitrogen and oxygen atoms in total. The molecule has 104 valence electrons. The minimum absolute atomic E-state index is 0.0968. The SMILES string of the molecule is CCC(C)(CBr)NC(=O)C1CCOc2ccccc21. The van der Waals surface area contributed by atoms with Gasteiger partial charge in [0, 0.05) is 16.4 Å². The van der Waals surface area contributed by atoms with E-state index in [1.807, 2.05) is 24.3 Å². The Balaban J connectivity index is 2.17. The van der Waals surface area contributed by atoms with Gasteiger partial charge in [-0.05, 0) is 25.8 Å². The summed E-state index contributed by atoms with van der Waals surface area (Å²) >= 11 is 3.48. The fourth-order valence-corrected chi connectivity index (χ4v) is 2.75. The largest absolute Gasteiger partial charge is 0.493 e. The van der Waals surface area contributed by atoms with E-state index in [0.717, 1.165) is 29.5 Å². The van der Waals surface area contributed by atoms with Crippen molar-refractivity contribution in [2.75, 3.05) is 11.9 Å². The summed E-state index contributed by atoms with van der Waals surface area (Å²) < 4.78 is 5.60. The van der Waals surface area contributed by atoms with E-state index in [2.05, 4.69) is 35.1 Å². The van der Waals surface area contributed by atoms with E-state index in [4.69, 9.17) is 4.74 Å². The zero-order valence-electron chi connectivity index (χ0n) is 11.4. The van der Waals surface area contributed by atoms with Gasteiger partial charge in [0.05, 0.1) is 12.5 Å². The lowest BCUT2D eigenvalue weighted by Gasteiger charge is -2.32. The van der Waals surface area contributed by atoms with Crippen LogP contribution >= 0.6 is 15.9 Å². The van der Waals surface area contributed by atoms with E-state index >= 15 is 0 Å². The number of carbonyl (C=O) groups excluding carboxylic acids is 1. The molecule has 1 aromatic carbocycles. The first-order valence-electron chi connectivity index (χ1n) is 6.69. The van der Waals surface area contributed by atoms with Gasteiger partial charge in [-0.25, -0.2) is 0 Å². The molecule has 2 unspecified atom stereocenters. The molecule has 2 rings (SSSR count). The van der Waals surface area contributed by atoms with E-state index in [1.165, 1.54) is 0 Å². The van der Waals surface area contributed by atoms with Crippen LogP contribution in [0.3, 0.4) is 0 Å². The normalized spacial score (nSPS) is 20.9. The molecule has 0 aromatic heterocycles. The van der Waals surface area contributed by atoms with Gasteiger partial charge in [0.15, 0.2) is 0 Å². The van der Waals surface area contributed by atoms with Gasteiger partial charge in [-0.2, -0.15) is 0 Å². The molecular formula is C15H20BrNO2. The molecule has 0 bridgehead atoms. The highest BCUT2D eigenvalue weighted by atomic mass is 79.9. The van der Waals surface area contributed by atoms with Crippen molar-refractivity contribution in [3.05, 3.63) is 29.8 Å². The highest BCUT2D eigenvalue weighted by molar-refractivity contribution is 9.09. The monoisotopic (exact) mass is 325 g/mol. The minimum atomic E-state index is -0.190. The number of rotatable bonds is 4. The van der Waals surface area contributed by atoms with E-state index in [-0.39, 0.29) is 17.4 Å². The lowest BCUT2D eigenvalue weighted by Crippen LogP contribution is -2.49. The molecule has 4 heteroatoms. The highest BCUT2D eigenvalue weighted by Crippen LogP contribution is 2.33. The van der Waals surface area contributed by atoms with E-state index < -0.39 is 0 Å². The van der Waals surface area contributed by atoms with Crippen LogP contribution in [0.2, 0.25) is 0 Å². The number of fused-ring (bicyclic) bond motifs is 1. The molecule has 0 aliphatic carbocycles. The number of amides is 1. The number of halogens is 1. The summed E-state index contributed by atoms with van der Waals surface area (Å²) in [6.45, 7) is 4.75. The lowest BCUT2D eigenvalue weighted by molar-refractivity contribution is -0.124. The van der Waals surface area contributed by atoms with Crippen molar-refractivity contribution in [2.24, 2.45) is 0 Å². The van der Waals surface area contributed by atoms with Gasteiger partial charge in [0.2, 0.25) is 5.91 Å². The lowest BCUT2D eigenvalue weighted by atomic mass is 9.90. The molecule has 0 saturated carbocycles. The average molecular weight is 326 g/mol. The van der Waals surface area contributed by atoms with Crippen LogP contribution in [-0.4, -0.2) is 23.4 Å². The summed E-state index contributed by atoms with van der Waals surface area (Å²) in [6.07, 6.45) is 1.64. The Morgan fingerprint density at radius 1 is 1.53 bits per heavy atom. The third-order valence-electron chi connectivity index (χ3n) is 3.78. The van der Waals surface area contributed by atoms with Crippen molar-refractivity contribution < 1.29 is 9.53 Å². The van der Waals surface area contributed by atoms with E-state index in [1.54, 1.807) is 0 Å². The number of benzene rings is 1. The number of alkyl halides is 1. The Bertz CT molecular complexity index is 457. The van der Waals surface area contributed by atoms with Crippen LogP contribution < -0.4 is 10.1 Å². The van der Waals surface area contributed by atoms with Gasteiger partial charge in [-0.1, -0.05) is 41.1 Å². The fraction of sp³-hybridized carbons (Fsp3) is 0.533. The first-order chi connectivity index (χ1) is 9.09. The maximum atomic E-state index is 12.5. The standard InChI is InChI=1S/C15H20BrNO2/c1-3-15(2,10-16)17-14(18)12-8-9-19-13-7-5-4-6-11(12)13/h4-7,12H,3,8-10H2,1-2H3,(H,17,18). The van der Waals surface area contributed by atoms with Crippen molar-refractivity contribution in [3.8, 4) is 5.75 Å². The number of para-hydroxylation sites is 1. The molecule has 0 saturated heterocycles. The smallest absolute Gasteiger partial charge is 0.228 e. The van der Waals surface area contributed by atoms with Crippen LogP contribution in [0.25, 0.3) is 0 Å². The van der Waals surface area contributed by atoms with Crippen molar-refractivity contribution in [1.29, 1.82) is 0 Å². The second kappa shape index (κ2) is 5.95. The molecule has 1 aliphatic rings. The molecule has 0 radical (unpaired) electrons. The average Bonchev–Trinajstić information content (AvgIpc) is 2.46. The Labute approximate surface area is 122 Å². The third kappa shape index (κ3) is 3.11. The Kier molecular flexibility index (Phi) is 4.50. The molecule has 2 atom stereocenters. The Morgan fingerprint density at radius 3 is 2.95 bits per heavy atom. The Hall–Kier alpha value is -1.03.